The number of benzene rings is 1. The maximum atomic E-state index is 10.9. The lowest BCUT2D eigenvalue weighted by Gasteiger charge is -2.39. The number of anilines is 2. The monoisotopic (exact) mass is 266 g/mol. The highest BCUT2D eigenvalue weighted by atomic mass is 32.2. The molecule has 18 heavy (non-hydrogen) atoms. The van der Waals surface area contributed by atoms with Gasteiger partial charge >= 0.3 is 5.97 Å². The van der Waals surface area contributed by atoms with Crippen LogP contribution in [0.4, 0.5) is 11.4 Å². The van der Waals surface area contributed by atoms with Crippen LogP contribution in [0.2, 0.25) is 0 Å². The van der Waals surface area contributed by atoms with Gasteiger partial charge in [0.2, 0.25) is 0 Å². The summed E-state index contributed by atoms with van der Waals surface area (Å²) < 4.78 is 0. The standard InChI is InChI=1S/C13H18N2O2S/c1-8-9(2)18-6-5-15(8)10-3-4-11(13(16)17)12(14)7-10/h3-4,7-9H,5-6,14H2,1-2H3,(H,16,17). The van der Waals surface area contributed by atoms with Gasteiger partial charge in [-0.25, -0.2) is 4.79 Å². The fourth-order valence-corrected chi connectivity index (χ4v) is 3.32. The third-order valence-corrected chi connectivity index (χ3v) is 4.82. The number of aromatic carboxylic acids is 1. The zero-order valence-corrected chi connectivity index (χ0v) is 11.4. The smallest absolute Gasteiger partial charge is 0.337 e. The molecule has 0 aliphatic carbocycles. The Balaban J connectivity index is 2.28. The third kappa shape index (κ3) is 2.41. The number of rotatable bonds is 2. The van der Waals surface area contributed by atoms with E-state index in [4.69, 9.17) is 10.8 Å². The molecule has 0 aromatic heterocycles. The Morgan fingerprint density at radius 1 is 1.50 bits per heavy atom. The predicted octanol–water partition coefficient (Wildman–Crippen LogP) is 2.30. The summed E-state index contributed by atoms with van der Waals surface area (Å²) in [6.07, 6.45) is 0. The number of thioether (sulfide) groups is 1. The number of hydrogen-bond acceptors (Lipinski definition) is 4. The van der Waals surface area contributed by atoms with Crippen LogP contribution in [0.15, 0.2) is 18.2 Å². The van der Waals surface area contributed by atoms with E-state index < -0.39 is 5.97 Å². The van der Waals surface area contributed by atoms with E-state index in [0.717, 1.165) is 18.0 Å². The van der Waals surface area contributed by atoms with Crippen molar-refractivity contribution in [2.24, 2.45) is 0 Å². The maximum Gasteiger partial charge on any atom is 0.337 e. The van der Waals surface area contributed by atoms with Crippen LogP contribution in [0.5, 0.6) is 0 Å². The van der Waals surface area contributed by atoms with Gasteiger partial charge < -0.3 is 15.7 Å². The summed E-state index contributed by atoms with van der Waals surface area (Å²) in [4.78, 5) is 13.2. The van der Waals surface area contributed by atoms with E-state index in [9.17, 15) is 4.79 Å². The molecule has 0 saturated carbocycles. The molecule has 2 rings (SSSR count). The highest BCUT2D eigenvalue weighted by Gasteiger charge is 2.25. The molecule has 1 aromatic rings. The summed E-state index contributed by atoms with van der Waals surface area (Å²) in [5, 5.41) is 9.53. The number of nitrogens with zero attached hydrogens (tertiary/aromatic N) is 1. The number of carboxylic acids is 1. The third-order valence-electron chi connectivity index (χ3n) is 3.48. The topological polar surface area (TPSA) is 66.6 Å². The van der Waals surface area contributed by atoms with Crippen LogP contribution in [0, 0.1) is 0 Å². The van der Waals surface area contributed by atoms with Crippen LogP contribution in [0.3, 0.4) is 0 Å². The quantitative estimate of drug-likeness (QED) is 0.804. The molecule has 1 aliphatic heterocycles. The van der Waals surface area contributed by atoms with Crippen LogP contribution < -0.4 is 10.6 Å². The molecule has 0 radical (unpaired) electrons. The van der Waals surface area contributed by atoms with Crippen molar-refractivity contribution < 1.29 is 9.90 Å². The molecule has 0 bridgehead atoms. The fourth-order valence-electron chi connectivity index (χ4n) is 2.22. The van der Waals surface area contributed by atoms with Crippen LogP contribution in [-0.2, 0) is 0 Å². The van der Waals surface area contributed by atoms with Gasteiger partial charge in [-0.2, -0.15) is 11.8 Å². The average Bonchev–Trinajstić information content (AvgIpc) is 2.32. The van der Waals surface area contributed by atoms with Gasteiger partial charge in [0, 0.05) is 35.0 Å². The second-order valence-electron chi connectivity index (χ2n) is 4.59. The van der Waals surface area contributed by atoms with Crippen molar-refractivity contribution in [3.05, 3.63) is 23.8 Å². The molecule has 1 heterocycles. The number of carbonyl (C=O) groups is 1. The van der Waals surface area contributed by atoms with E-state index in [1.807, 2.05) is 17.8 Å². The van der Waals surface area contributed by atoms with Gasteiger partial charge in [-0.1, -0.05) is 6.92 Å². The summed E-state index contributed by atoms with van der Waals surface area (Å²) in [5.74, 6) is 0.112. The molecular formula is C13H18N2O2S. The van der Waals surface area contributed by atoms with Crippen molar-refractivity contribution in [2.45, 2.75) is 25.1 Å². The molecule has 0 amide bonds. The summed E-state index contributed by atoms with van der Waals surface area (Å²) in [7, 11) is 0. The Hall–Kier alpha value is -1.36. The summed E-state index contributed by atoms with van der Waals surface area (Å²) in [6, 6.07) is 5.63. The van der Waals surface area contributed by atoms with E-state index >= 15 is 0 Å². The molecule has 1 aromatic carbocycles. The molecule has 5 heteroatoms. The Morgan fingerprint density at radius 3 is 2.83 bits per heavy atom. The Labute approximate surface area is 111 Å². The Morgan fingerprint density at radius 2 is 2.22 bits per heavy atom. The highest BCUT2D eigenvalue weighted by Crippen LogP contribution is 2.30. The maximum absolute atomic E-state index is 10.9. The van der Waals surface area contributed by atoms with Gasteiger partial charge in [0.05, 0.1) is 5.56 Å². The van der Waals surface area contributed by atoms with Crippen molar-refractivity contribution in [1.82, 2.24) is 0 Å². The molecule has 4 nitrogen and oxygen atoms in total. The molecule has 3 N–H and O–H groups in total. The van der Waals surface area contributed by atoms with Crippen molar-refractivity contribution >= 4 is 29.1 Å². The van der Waals surface area contributed by atoms with Crippen molar-refractivity contribution in [1.29, 1.82) is 0 Å². The minimum atomic E-state index is -0.977. The molecular weight excluding hydrogens is 248 g/mol. The first-order valence-electron chi connectivity index (χ1n) is 6.01. The zero-order chi connectivity index (χ0) is 13.3. The normalized spacial score (nSPS) is 24.0. The summed E-state index contributed by atoms with van der Waals surface area (Å²) in [5.41, 5.74) is 7.31. The minimum Gasteiger partial charge on any atom is -0.478 e. The number of nitrogen functional groups attached to an aromatic ring is 1. The first-order chi connectivity index (χ1) is 8.50. The number of nitrogens with two attached hydrogens (primary N) is 1. The van der Waals surface area contributed by atoms with Gasteiger partial charge in [-0.15, -0.1) is 0 Å². The second kappa shape index (κ2) is 5.10. The van der Waals surface area contributed by atoms with Gasteiger partial charge in [-0.3, -0.25) is 0 Å². The van der Waals surface area contributed by atoms with Gasteiger partial charge in [-0.05, 0) is 25.1 Å². The first-order valence-corrected chi connectivity index (χ1v) is 7.06. The van der Waals surface area contributed by atoms with E-state index in [2.05, 4.69) is 18.7 Å². The van der Waals surface area contributed by atoms with Gasteiger partial charge in [0.1, 0.15) is 0 Å². The van der Waals surface area contributed by atoms with Crippen LogP contribution in [0.1, 0.15) is 24.2 Å². The van der Waals surface area contributed by atoms with E-state index in [-0.39, 0.29) is 5.56 Å². The SMILES string of the molecule is CC1SCCN(c2ccc(C(=O)O)c(N)c2)C1C. The summed E-state index contributed by atoms with van der Waals surface area (Å²) in [6.45, 7) is 5.39. The van der Waals surface area contributed by atoms with Gasteiger partial charge in [0.15, 0.2) is 0 Å². The van der Waals surface area contributed by atoms with E-state index in [0.29, 0.717) is 17.0 Å². The van der Waals surface area contributed by atoms with Gasteiger partial charge in [0.25, 0.3) is 0 Å². The fraction of sp³-hybridized carbons (Fsp3) is 0.462. The number of carboxylic acid groups (broad SMARTS) is 1. The van der Waals surface area contributed by atoms with E-state index in [1.165, 1.54) is 0 Å². The molecule has 1 fully saturated rings. The highest BCUT2D eigenvalue weighted by molar-refractivity contribution is 8.00. The van der Waals surface area contributed by atoms with Crippen LogP contribution in [0.25, 0.3) is 0 Å². The largest absolute Gasteiger partial charge is 0.478 e. The zero-order valence-electron chi connectivity index (χ0n) is 10.6. The molecule has 0 spiro atoms. The Kier molecular flexibility index (Phi) is 3.71. The van der Waals surface area contributed by atoms with E-state index in [1.54, 1.807) is 12.1 Å². The lowest BCUT2D eigenvalue weighted by atomic mass is 10.1. The molecule has 2 atom stereocenters. The Bertz CT molecular complexity index is 464. The minimum absolute atomic E-state index is 0.172. The predicted molar refractivity (Wildman–Crippen MR) is 76.5 cm³/mol. The lowest BCUT2D eigenvalue weighted by molar-refractivity contribution is 0.0698. The average molecular weight is 266 g/mol. The molecule has 1 aliphatic rings. The van der Waals surface area contributed by atoms with Crippen LogP contribution in [-0.4, -0.2) is 34.7 Å². The van der Waals surface area contributed by atoms with Crippen molar-refractivity contribution in [3.63, 3.8) is 0 Å². The lowest BCUT2D eigenvalue weighted by Crippen LogP contribution is -2.44. The molecule has 1 saturated heterocycles. The van der Waals surface area contributed by atoms with Crippen LogP contribution >= 0.6 is 11.8 Å². The van der Waals surface area contributed by atoms with Crippen molar-refractivity contribution in [2.75, 3.05) is 22.9 Å². The molecule has 2 unspecified atom stereocenters. The molecule has 98 valence electrons. The number of hydrogen-bond donors (Lipinski definition) is 2. The first kappa shape index (κ1) is 13.1. The van der Waals surface area contributed by atoms with Crippen molar-refractivity contribution in [3.8, 4) is 0 Å². The summed E-state index contributed by atoms with van der Waals surface area (Å²) >= 11 is 1.97. The second-order valence-corrected chi connectivity index (χ2v) is 6.07.